The second-order valence-electron chi connectivity index (χ2n) is 4.92. The number of hydrogen-bond donors (Lipinski definition) is 0. The fourth-order valence-electron chi connectivity index (χ4n) is 2.22. The Morgan fingerprint density at radius 3 is 2.24 bits per heavy atom. The summed E-state index contributed by atoms with van der Waals surface area (Å²) in [5, 5.41) is 0. The molecule has 0 spiro atoms. The number of benzene rings is 1. The molecule has 1 aliphatic rings. The third-order valence-electron chi connectivity index (χ3n) is 3.39. The van der Waals surface area contributed by atoms with Crippen molar-refractivity contribution < 1.29 is 19.1 Å². The van der Waals surface area contributed by atoms with E-state index in [1.165, 1.54) is 0 Å². The number of likely N-dealkylation sites (tertiary alicyclic amines) is 1. The lowest BCUT2D eigenvalue weighted by atomic mass is 10.1. The van der Waals surface area contributed by atoms with E-state index in [9.17, 15) is 9.59 Å². The highest BCUT2D eigenvalue weighted by atomic mass is 16.5. The number of carbonyl (C=O) groups is 2. The number of hydrogen-bond acceptors (Lipinski definition) is 4. The quantitative estimate of drug-likeness (QED) is 0.805. The van der Waals surface area contributed by atoms with Crippen molar-refractivity contribution in [3.05, 3.63) is 24.3 Å². The molecule has 0 N–H and O–H groups in total. The Kier molecular flexibility index (Phi) is 5.60. The van der Waals surface area contributed by atoms with Crippen molar-refractivity contribution in [3.8, 4) is 11.5 Å². The van der Waals surface area contributed by atoms with Gasteiger partial charge in [0.15, 0.2) is 0 Å². The van der Waals surface area contributed by atoms with E-state index < -0.39 is 0 Å². The van der Waals surface area contributed by atoms with Crippen molar-refractivity contribution in [1.82, 2.24) is 4.90 Å². The minimum atomic E-state index is 0.0495. The van der Waals surface area contributed by atoms with Gasteiger partial charge in [0.05, 0.1) is 19.6 Å². The first-order valence-corrected chi connectivity index (χ1v) is 7.34. The molecule has 21 heavy (non-hydrogen) atoms. The number of amides is 1. The maximum absolute atomic E-state index is 11.9. The number of nitrogens with zero attached hydrogens (tertiary/aromatic N) is 1. The van der Waals surface area contributed by atoms with Gasteiger partial charge in [-0.1, -0.05) is 0 Å². The van der Waals surface area contributed by atoms with Crippen LogP contribution in [0.2, 0.25) is 0 Å². The Bertz CT molecular complexity index is 474. The third-order valence-corrected chi connectivity index (χ3v) is 3.39. The van der Waals surface area contributed by atoms with E-state index in [-0.39, 0.29) is 11.7 Å². The number of carbonyl (C=O) groups excluding carboxylic acids is 2. The summed E-state index contributed by atoms with van der Waals surface area (Å²) < 4.78 is 10.9. The van der Waals surface area contributed by atoms with Crippen LogP contribution in [-0.2, 0) is 9.59 Å². The monoisotopic (exact) mass is 291 g/mol. The molecule has 2 rings (SSSR count). The molecule has 0 unspecified atom stereocenters. The highest BCUT2D eigenvalue weighted by Gasteiger charge is 2.20. The SMILES string of the molecule is CCOc1ccc(OCCC(=O)N2CCC(=O)CC2)cc1. The second kappa shape index (κ2) is 7.67. The molecular formula is C16H21NO4. The molecule has 5 heteroatoms. The molecule has 1 aliphatic heterocycles. The maximum Gasteiger partial charge on any atom is 0.226 e. The third kappa shape index (κ3) is 4.77. The van der Waals surface area contributed by atoms with Gasteiger partial charge >= 0.3 is 0 Å². The Labute approximate surface area is 124 Å². The molecule has 5 nitrogen and oxygen atoms in total. The van der Waals surface area contributed by atoms with Crippen molar-refractivity contribution in [2.45, 2.75) is 26.2 Å². The van der Waals surface area contributed by atoms with Crippen LogP contribution in [-0.4, -0.2) is 42.9 Å². The van der Waals surface area contributed by atoms with E-state index in [1.54, 1.807) is 4.90 Å². The van der Waals surface area contributed by atoms with Crippen molar-refractivity contribution in [3.63, 3.8) is 0 Å². The molecule has 1 saturated heterocycles. The zero-order valence-electron chi connectivity index (χ0n) is 12.3. The molecule has 1 heterocycles. The van der Waals surface area contributed by atoms with Gasteiger partial charge in [-0.05, 0) is 31.2 Å². The number of Topliss-reactive ketones (excluding diaryl/α,β-unsaturated/α-hetero) is 1. The van der Waals surface area contributed by atoms with Crippen LogP contribution in [0.25, 0.3) is 0 Å². The predicted molar refractivity (Wildman–Crippen MR) is 78.5 cm³/mol. The fraction of sp³-hybridized carbons (Fsp3) is 0.500. The van der Waals surface area contributed by atoms with E-state index in [2.05, 4.69) is 0 Å². The summed E-state index contributed by atoms with van der Waals surface area (Å²) in [7, 11) is 0. The zero-order chi connectivity index (χ0) is 15.1. The summed E-state index contributed by atoms with van der Waals surface area (Å²) in [4.78, 5) is 24.8. The number of rotatable bonds is 6. The minimum absolute atomic E-state index is 0.0495. The molecule has 0 aromatic heterocycles. The average Bonchev–Trinajstić information content (AvgIpc) is 2.50. The molecular weight excluding hydrogens is 270 g/mol. The van der Waals surface area contributed by atoms with Crippen molar-refractivity contribution >= 4 is 11.7 Å². The standard InChI is InChI=1S/C16H21NO4/c1-2-20-14-3-5-15(6-4-14)21-12-9-16(19)17-10-7-13(18)8-11-17/h3-6H,2,7-12H2,1H3. The van der Waals surface area contributed by atoms with E-state index in [4.69, 9.17) is 9.47 Å². The molecule has 0 atom stereocenters. The van der Waals surface area contributed by atoms with E-state index in [1.807, 2.05) is 31.2 Å². The van der Waals surface area contributed by atoms with Gasteiger partial charge < -0.3 is 14.4 Å². The summed E-state index contributed by atoms with van der Waals surface area (Å²) in [6.07, 6.45) is 1.29. The van der Waals surface area contributed by atoms with Crippen LogP contribution in [0.15, 0.2) is 24.3 Å². The summed E-state index contributed by atoms with van der Waals surface area (Å²) in [6.45, 7) is 4.00. The summed E-state index contributed by atoms with van der Waals surface area (Å²) in [5.74, 6) is 1.82. The Balaban J connectivity index is 1.71. The zero-order valence-corrected chi connectivity index (χ0v) is 12.3. The molecule has 0 aliphatic carbocycles. The van der Waals surface area contributed by atoms with E-state index >= 15 is 0 Å². The number of ether oxygens (including phenoxy) is 2. The van der Waals surface area contributed by atoms with Crippen LogP contribution in [0.3, 0.4) is 0 Å². The molecule has 1 fully saturated rings. The lowest BCUT2D eigenvalue weighted by Crippen LogP contribution is -2.39. The van der Waals surface area contributed by atoms with E-state index in [0.29, 0.717) is 45.6 Å². The number of piperidine rings is 1. The molecule has 0 radical (unpaired) electrons. The minimum Gasteiger partial charge on any atom is -0.494 e. The first kappa shape index (κ1) is 15.4. The van der Waals surface area contributed by atoms with Crippen LogP contribution < -0.4 is 9.47 Å². The fourth-order valence-corrected chi connectivity index (χ4v) is 2.22. The van der Waals surface area contributed by atoms with E-state index in [0.717, 1.165) is 11.5 Å². The normalized spacial score (nSPS) is 14.9. The van der Waals surface area contributed by atoms with Crippen molar-refractivity contribution in [2.75, 3.05) is 26.3 Å². The van der Waals surface area contributed by atoms with Crippen LogP contribution >= 0.6 is 0 Å². The summed E-state index contributed by atoms with van der Waals surface area (Å²) in [5.41, 5.74) is 0. The van der Waals surface area contributed by atoms with Gasteiger partial charge in [0.1, 0.15) is 17.3 Å². The molecule has 0 saturated carbocycles. The molecule has 1 aromatic rings. The Morgan fingerprint density at radius 2 is 1.67 bits per heavy atom. The van der Waals surface area contributed by atoms with Crippen LogP contribution in [0.4, 0.5) is 0 Å². The molecule has 114 valence electrons. The van der Waals surface area contributed by atoms with Gasteiger partial charge in [-0.2, -0.15) is 0 Å². The van der Waals surface area contributed by atoms with Gasteiger partial charge in [0, 0.05) is 25.9 Å². The summed E-state index contributed by atoms with van der Waals surface area (Å²) >= 11 is 0. The summed E-state index contributed by atoms with van der Waals surface area (Å²) in [6, 6.07) is 7.35. The molecule has 1 aromatic carbocycles. The van der Waals surface area contributed by atoms with Crippen molar-refractivity contribution in [1.29, 1.82) is 0 Å². The lowest BCUT2D eigenvalue weighted by Gasteiger charge is -2.26. The van der Waals surface area contributed by atoms with Crippen molar-refractivity contribution in [2.24, 2.45) is 0 Å². The Hall–Kier alpha value is -2.04. The lowest BCUT2D eigenvalue weighted by molar-refractivity contribution is -0.134. The number of ketones is 1. The average molecular weight is 291 g/mol. The van der Waals surface area contributed by atoms with Gasteiger partial charge in [-0.25, -0.2) is 0 Å². The predicted octanol–water partition coefficient (Wildman–Crippen LogP) is 2.05. The topological polar surface area (TPSA) is 55.8 Å². The maximum atomic E-state index is 11.9. The van der Waals surface area contributed by atoms with Gasteiger partial charge in [-0.15, -0.1) is 0 Å². The van der Waals surface area contributed by atoms with Crippen LogP contribution in [0, 0.1) is 0 Å². The molecule has 1 amide bonds. The first-order chi connectivity index (χ1) is 10.2. The van der Waals surface area contributed by atoms with Gasteiger partial charge in [0.25, 0.3) is 0 Å². The Morgan fingerprint density at radius 1 is 1.10 bits per heavy atom. The largest absolute Gasteiger partial charge is 0.494 e. The van der Waals surface area contributed by atoms with Crippen LogP contribution in [0.5, 0.6) is 11.5 Å². The highest BCUT2D eigenvalue weighted by molar-refractivity contribution is 5.83. The van der Waals surface area contributed by atoms with Crippen LogP contribution in [0.1, 0.15) is 26.2 Å². The van der Waals surface area contributed by atoms with Gasteiger partial charge in [0.2, 0.25) is 5.91 Å². The second-order valence-corrected chi connectivity index (χ2v) is 4.92. The van der Waals surface area contributed by atoms with Gasteiger partial charge in [-0.3, -0.25) is 9.59 Å². The highest BCUT2D eigenvalue weighted by Crippen LogP contribution is 2.17. The molecule has 0 bridgehead atoms. The smallest absolute Gasteiger partial charge is 0.226 e. The first-order valence-electron chi connectivity index (χ1n) is 7.34.